The Bertz CT molecular complexity index is 1250. The standard InChI is InChI=1S/C21H25N3S.2C4H4O4/c1-23-18-4-2-3-5-20(18)25-21-12-15(6-7-19(21)23)13-22-17-14-24-10-8-16(17)9-11-24;2*5-3(6)1-2-4(7)8/h2-7,12,16-17,22H,8-11,13-14H2,1H3;2*1-2H,(H,5,6)(H,7,8). The Labute approximate surface area is 241 Å². The van der Waals surface area contributed by atoms with Crippen LogP contribution in [0.1, 0.15) is 18.4 Å². The first-order valence-electron chi connectivity index (χ1n) is 12.9. The molecule has 3 fully saturated rings. The average molecular weight is 584 g/mol. The fraction of sp³-hybridized carbons (Fsp3) is 0.310. The minimum absolute atomic E-state index is 0.558. The molecular weight excluding hydrogens is 550 g/mol. The van der Waals surface area contributed by atoms with Crippen LogP contribution < -0.4 is 10.2 Å². The van der Waals surface area contributed by atoms with Gasteiger partial charge in [0.05, 0.1) is 11.4 Å². The molecule has 0 saturated carbocycles. The van der Waals surface area contributed by atoms with Crippen molar-refractivity contribution in [3.63, 3.8) is 0 Å². The maximum atomic E-state index is 9.55. The molecule has 0 aromatic heterocycles. The van der Waals surface area contributed by atoms with Gasteiger partial charge >= 0.3 is 23.9 Å². The van der Waals surface area contributed by atoms with Crippen LogP contribution in [-0.2, 0) is 25.7 Å². The highest BCUT2D eigenvalue weighted by molar-refractivity contribution is 7.99. The fourth-order valence-corrected chi connectivity index (χ4v) is 6.04. The Morgan fingerprint density at radius 1 is 0.829 bits per heavy atom. The summed E-state index contributed by atoms with van der Waals surface area (Å²) in [6.45, 7) is 4.84. The molecule has 218 valence electrons. The molecule has 4 heterocycles. The van der Waals surface area contributed by atoms with Gasteiger partial charge < -0.3 is 35.5 Å². The molecular formula is C29H33N3O8S. The number of carboxylic acid groups (broad SMARTS) is 4. The molecule has 0 spiro atoms. The molecule has 0 radical (unpaired) electrons. The van der Waals surface area contributed by atoms with Crippen LogP contribution >= 0.6 is 11.8 Å². The second-order valence-corrected chi connectivity index (χ2v) is 10.7. The van der Waals surface area contributed by atoms with Crippen LogP contribution in [0.5, 0.6) is 0 Å². The molecule has 41 heavy (non-hydrogen) atoms. The molecule has 6 rings (SSSR count). The van der Waals surface area contributed by atoms with Crippen LogP contribution in [-0.4, -0.2) is 81.9 Å². The van der Waals surface area contributed by atoms with Gasteiger partial charge in [0.15, 0.2) is 0 Å². The van der Waals surface area contributed by atoms with Gasteiger partial charge in [-0.1, -0.05) is 30.0 Å². The molecule has 2 aromatic carbocycles. The number of rotatable bonds is 7. The Hall–Kier alpha value is -4.13. The van der Waals surface area contributed by atoms with Crippen LogP contribution in [0.4, 0.5) is 11.4 Å². The van der Waals surface area contributed by atoms with Crippen molar-refractivity contribution < 1.29 is 39.6 Å². The number of hydrogen-bond donors (Lipinski definition) is 5. The highest BCUT2D eigenvalue weighted by Gasteiger charge is 2.33. The third-order valence-corrected chi connectivity index (χ3v) is 7.91. The predicted octanol–water partition coefficient (Wildman–Crippen LogP) is 3.53. The molecule has 2 bridgehead atoms. The van der Waals surface area contributed by atoms with E-state index in [0.717, 1.165) is 12.5 Å². The lowest BCUT2D eigenvalue weighted by Gasteiger charge is -2.45. The third-order valence-electron chi connectivity index (χ3n) is 6.79. The molecule has 5 N–H and O–H groups in total. The summed E-state index contributed by atoms with van der Waals surface area (Å²) >= 11 is 1.90. The summed E-state index contributed by atoms with van der Waals surface area (Å²) in [7, 11) is 2.17. The third kappa shape index (κ3) is 9.78. The van der Waals surface area contributed by atoms with Gasteiger partial charge in [-0.3, -0.25) is 0 Å². The summed E-state index contributed by atoms with van der Waals surface area (Å²) < 4.78 is 0. The highest BCUT2D eigenvalue weighted by atomic mass is 32.2. The predicted molar refractivity (Wildman–Crippen MR) is 154 cm³/mol. The normalized spacial score (nSPS) is 20.2. The van der Waals surface area contributed by atoms with Crippen molar-refractivity contribution in [2.75, 3.05) is 31.6 Å². The van der Waals surface area contributed by atoms with Crippen molar-refractivity contribution in [1.29, 1.82) is 0 Å². The van der Waals surface area contributed by atoms with Crippen molar-refractivity contribution in [1.82, 2.24) is 10.2 Å². The molecule has 2 aromatic rings. The van der Waals surface area contributed by atoms with Crippen molar-refractivity contribution in [2.45, 2.75) is 35.2 Å². The van der Waals surface area contributed by atoms with Gasteiger partial charge in [-0.25, -0.2) is 19.2 Å². The second kappa shape index (κ2) is 15.0. The first-order valence-corrected chi connectivity index (χ1v) is 13.7. The number of nitrogens with zero attached hydrogens (tertiary/aromatic N) is 2. The van der Waals surface area contributed by atoms with E-state index in [1.165, 1.54) is 59.2 Å². The van der Waals surface area contributed by atoms with Gasteiger partial charge in [0.25, 0.3) is 0 Å². The summed E-state index contributed by atoms with van der Waals surface area (Å²) in [5, 5.41) is 35.1. The highest BCUT2D eigenvalue weighted by Crippen LogP contribution is 2.47. The molecule has 11 nitrogen and oxygen atoms in total. The Kier molecular flexibility index (Phi) is 11.5. The molecule has 4 aliphatic heterocycles. The summed E-state index contributed by atoms with van der Waals surface area (Å²) in [5.41, 5.74) is 4.02. The van der Waals surface area contributed by atoms with Gasteiger partial charge in [0.2, 0.25) is 0 Å². The SMILES string of the molecule is CN1c2ccccc2Sc2cc(CNC3CN4CCC3CC4)ccc21.O=C(O)C=CC(=O)O.O=C(O)C=CC(=O)O. The van der Waals surface area contributed by atoms with Crippen molar-refractivity contribution in [3.05, 3.63) is 72.3 Å². The molecule has 12 heteroatoms. The maximum Gasteiger partial charge on any atom is 0.328 e. The van der Waals surface area contributed by atoms with Crippen LogP contribution in [0.3, 0.4) is 0 Å². The van der Waals surface area contributed by atoms with Crippen LogP contribution in [0.25, 0.3) is 0 Å². The van der Waals surface area contributed by atoms with E-state index in [0.29, 0.717) is 30.3 Å². The summed E-state index contributed by atoms with van der Waals surface area (Å²) in [6.07, 6.45) is 4.98. The number of nitrogens with one attached hydrogen (secondary N) is 1. The monoisotopic (exact) mass is 583 g/mol. The Morgan fingerprint density at radius 3 is 1.88 bits per heavy atom. The summed E-state index contributed by atoms with van der Waals surface area (Å²) in [4.78, 5) is 45.9. The van der Waals surface area contributed by atoms with E-state index in [1.807, 2.05) is 11.8 Å². The van der Waals surface area contributed by atoms with E-state index in [-0.39, 0.29) is 0 Å². The first-order chi connectivity index (χ1) is 19.5. The van der Waals surface area contributed by atoms with Crippen molar-refractivity contribution in [3.8, 4) is 0 Å². The number of para-hydroxylation sites is 1. The van der Waals surface area contributed by atoms with Crippen LogP contribution in [0.2, 0.25) is 0 Å². The number of aliphatic carboxylic acids is 4. The van der Waals surface area contributed by atoms with E-state index >= 15 is 0 Å². The number of hydrogen-bond acceptors (Lipinski definition) is 8. The largest absolute Gasteiger partial charge is 0.478 e. The summed E-state index contributed by atoms with van der Waals surface area (Å²) in [5.74, 6) is -4.14. The summed E-state index contributed by atoms with van der Waals surface area (Å²) in [6, 6.07) is 16.3. The van der Waals surface area contributed by atoms with E-state index < -0.39 is 23.9 Å². The van der Waals surface area contributed by atoms with Gasteiger partial charge in [-0.15, -0.1) is 0 Å². The second-order valence-electron chi connectivity index (χ2n) is 9.58. The minimum Gasteiger partial charge on any atom is -0.478 e. The Morgan fingerprint density at radius 2 is 1.37 bits per heavy atom. The smallest absolute Gasteiger partial charge is 0.328 e. The quantitative estimate of drug-likeness (QED) is 0.301. The number of carboxylic acids is 4. The molecule has 1 unspecified atom stereocenters. The van der Waals surface area contributed by atoms with Gasteiger partial charge in [0, 0.05) is 60.3 Å². The lowest BCUT2D eigenvalue weighted by molar-refractivity contribution is -0.134. The number of piperidine rings is 3. The zero-order valence-electron chi connectivity index (χ0n) is 22.5. The van der Waals surface area contributed by atoms with Gasteiger partial charge in [0.1, 0.15) is 0 Å². The molecule has 1 atom stereocenters. The number of anilines is 2. The first kappa shape index (κ1) is 31.4. The zero-order chi connectivity index (χ0) is 29.9. The molecule has 4 aliphatic rings. The lowest BCUT2D eigenvalue weighted by Crippen LogP contribution is -2.55. The van der Waals surface area contributed by atoms with E-state index in [9.17, 15) is 19.2 Å². The van der Waals surface area contributed by atoms with E-state index in [2.05, 4.69) is 64.6 Å². The lowest BCUT2D eigenvalue weighted by atomic mass is 9.84. The molecule has 3 saturated heterocycles. The van der Waals surface area contributed by atoms with Crippen molar-refractivity contribution in [2.24, 2.45) is 5.92 Å². The number of carbonyl (C=O) groups is 4. The van der Waals surface area contributed by atoms with Crippen molar-refractivity contribution >= 4 is 47.0 Å². The Balaban J connectivity index is 0.000000240. The molecule has 0 aliphatic carbocycles. The topological polar surface area (TPSA) is 168 Å². The average Bonchev–Trinajstić information content (AvgIpc) is 2.95. The number of fused-ring (bicyclic) bond motifs is 5. The minimum atomic E-state index is -1.26. The fourth-order valence-electron chi connectivity index (χ4n) is 4.83. The molecule has 0 amide bonds. The van der Waals surface area contributed by atoms with Gasteiger partial charge in [-0.2, -0.15) is 0 Å². The van der Waals surface area contributed by atoms with E-state index in [4.69, 9.17) is 20.4 Å². The van der Waals surface area contributed by atoms with Crippen LogP contribution in [0.15, 0.2) is 76.6 Å². The van der Waals surface area contributed by atoms with Gasteiger partial charge in [-0.05, 0) is 61.7 Å². The van der Waals surface area contributed by atoms with Crippen LogP contribution in [0, 0.1) is 5.92 Å². The zero-order valence-corrected chi connectivity index (χ0v) is 23.3. The maximum absolute atomic E-state index is 9.55. The van der Waals surface area contributed by atoms with E-state index in [1.54, 1.807) is 0 Å². The number of benzene rings is 2.